The van der Waals surface area contributed by atoms with E-state index < -0.39 is 21.6 Å². The van der Waals surface area contributed by atoms with E-state index in [-0.39, 0.29) is 23.8 Å². The topological polar surface area (TPSA) is 83.9 Å². The maximum atomic E-state index is 13.0. The number of sulfonamides is 1. The molecule has 160 valence electrons. The minimum absolute atomic E-state index is 0.0858. The fourth-order valence-corrected chi connectivity index (χ4v) is 3.69. The second-order valence-corrected chi connectivity index (χ2v) is 9.75. The van der Waals surface area contributed by atoms with E-state index in [1.807, 2.05) is 0 Å². The highest BCUT2D eigenvalue weighted by molar-refractivity contribution is 7.92. The molecule has 0 amide bonds. The van der Waals surface area contributed by atoms with E-state index in [0.717, 1.165) is 10.6 Å². The molecule has 0 unspecified atom stereocenters. The molecule has 1 atom stereocenters. The lowest BCUT2D eigenvalue weighted by Crippen LogP contribution is -2.29. The van der Waals surface area contributed by atoms with Crippen molar-refractivity contribution in [1.29, 1.82) is 0 Å². The van der Waals surface area contributed by atoms with Gasteiger partial charge in [0.2, 0.25) is 10.0 Å². The highest BCUT2D eigenvalue weighted by atomic mass is 32.2. The Bertz CT molecular complexity index is 1060. The Hall–Kier alpha value is -2.82. The molecule has 0 saturated heterocycles. The molecule has 30 heavy (non-hydrogen) atoms. The molecule has 0 spiro atoms. The molecule has 2 rings (SSSR count). The Morgan fingerprint density at radius 3 is 2.30 bits per heavy atom. The van der Waals surface area contributed by atoms with Crippen LogP contribution in [-0.2, 0) is 14.8 Å². The summed E-state index contributed by atoms with van der Waals surface area (Å²) in [7, 11) is -3.83. The van der Waals surface area contributed by atoms with Crippen molar-refractivity contribution < 1.29 is 23.1 Å². The number of rotatable bonds is 5. The van der Waals surface area contributed by atoms with Crippen LogP contribution < -0.4 is 4.31 Å². The fourth-order valence-electron chi connectivity index (χ4n) is 2.66. The van der Waals surface area contributed by atoms with Gasteiger partial charge in [0.15, 0.2) is 0 Å². The fraction of sp³-hybridized carbons (Fsp3) is 0.348. The van der Waals surface area contributed by atoms with Gasteiger partial charge in [-0.2, -0.15) is 0 Å². The molecule has 0 bridgehead atoms. The van der Waals surface area contributed by atoms with E-state index in [9.17, 15) is 18.3 Å². The third-order valence-corrected chi connectivity index (χ3v) is 4.96. The first kappa shape index (κ1) is 23.5. The number of carbonyl (C=O) groups is 1. The molecule has 0 saturated carbocycles. The van der Waals surface area contributed by atoms with Gasteiger partial charge in [0.1, 0.15) is 5.60 Å². The highest BCUT2D eigenvalue weighted by Crippen LogP contribution is 2.35. The molecule has 0 aliphatic rings. The molecule has 0 aliphatic carbocycles. The third-order valence-electron chi connectivity index (χ3n) is 3.91. The van der Waals surface area contributed by atoms with Gasteiger partial charge < -0.3 is 9.84 Å². The number of anilines is 2. The largest absolute Gasteiger partial charge is 0.456 e. The number of esters is 1. The van der Waals surface area contributed by atoms with Crippen molar-refractivity contribution in [3.8, 4) is 11.8 Å². The number of carbonyl (C=O) groups excluding carboxylic acids is 1. The molecule has 2 aromatic carbocycles. The lowest BCUT2D eigenvalue weighted by molar-refractivity contribution is 0.00705. The molecule has 0 aliphatic heterocycles. The van der Waals surface area contributed by atoms with Crippen LogP contribution in [0.1, 0.15) is 43.6 Å². The van der Waals surface area contributed by atoms with Crippen molar-refractivity contribution in [1.82, 2.24) is 0 Å². The predicted octanol–water partition coefficient (Wildman–Crippen LogP) is 3.72. The van der Waals surface area contributed by atoms with E-state index in [1.54, 1.807) is 70.2 Å². The first-order valence-corrected chi connectivity index (χ1v) is 11.3. The molecule has 1 N–H and O–H groups in total. The molecule has 2 aromatic rings. The molecule has 0 fully saturated rings. The smallest absolute Gasteiger partial charge is 0.340 e. The van der Waals surface area contributed by atoms with Gasteiger partial charge in [0.05, 0.1) is 35.4 Å². The summed E-state index contributed by atoms with van der Waals surface area (Å²) in [6, 6.07) is 13.3. The van der Waals surface area contributed by atoms with Gasteiger partial charge >= 0.3 is 5.97 Å². The van der Waals surface area contributed by atoms with E-state index in [0.29, 0.717) is 11.3 Å². The van der Waals surface area contributed by atoms with E-state index in [2.05, 4.69) is 11.8 Å². The Labute approximate surface area is 178 Å². The van der Waals surface area contributed by atoms with E-state index in [1.165, 1.54) is 6.07 Å². The van der Waals surface area contributed by atoms with Crippen molar-refractivity contribution >= 4 is 27.4 Å². The van der Waals surface area contributed by atoms with Crippen LogP contribution in [0, 0.1) is 17.8 Å². The maximum absolute atomic E-state index is 13.0. The molecule has 0 heterocycles. The Kier molecular flexibility index (Phi) is 7.30. The standard InChI is InChI=1S/C23H27NO5S/c1-17(16-25)14-15-18-10-9-13-20(22(26)29-23(2,3)4)21(18)24(30(5,27)28)19-11-7-6-8-12-19/h6-13,17,25H,16H2,1-5H3/t17-/m0/s1. The molecule has 7 heteroatoms. The van der Waals surface area contributed by atoms with Crippen LogP contribution >= 0.6 is 0 Å². The number of hydrogen-bond donors (Lipinski definition) is 1. The maximum Gasteiger partial charge on any atom is 0.340 e. The summed E-state index contributed by atoms with van der Waals surface area (Å²) in [5.41, 5.74) is 0.160. The zero-order valence-corrected chi connectivity index (χ0v) is 18.7. The van der Waals surface area contributed by atoms with Crippen LogP contribution in [0.5, 0.6) is 0 Å². The van der Waals surface area contributed by atoms with Gasteiger partial charge in [-0.25, -0.2) is 17.5 Å². The van der Waals surface area contributed by atoms with Gasteiger partial charge in [0.25, 0.3) is 0 Å². The quantitative estimate of drug-likeness (QED) is 0.578. The third kappa shape index (κ3) is 6.09. The van der Waals surface area contributed by atoms with E-state index in [4.69, 9.17) is 4.74 Å². The molecule has 6 nitrogen and oxygen atoms in total. The summed E-state index contributed by atoms with van der Waals surface area (Å²) in [6.45, 7) is 6.83. The number of aliphatic hydroxyl groups excluding tert-OH is 1. The summed E-state index contributed by atoms with van der Waals surface area (Å²) in [5, 5.41) is 9.29. The van der Waals surface area contributed by atoms with Crippen LogP contribution in [-0.4, -0.2) is 38.0 Å². The summed E-state index contributed by atoms with van der Waals surface area (Å²) in [4.78, 5) is 13.0. The second-order valence-electron chi connectivity index (χ2n) is 7.92. The molecular weight excluding hydrogens is 402 g/mol. The van der Waals surface area contributed by atoms with Crippen molar-refractivity contribution in [2.45, 2.75) is 33.3 Å². The van der Waals surface area contributed by atoms with Crippen molar-refractivity contribution in [3.63, 3.8) is 0 Å². The van der Waals surface area contributed by atoms with Gasteiger partial charge in [0, 0.05) is 5.92 Å². The summed E-state index contributed by atoms with van der Waals surface area (Å²) >= 11 is 0. The van der Waals surface area contributed by atoms with Crippen LogP contribution in [0.25, 0.3) is 0 Å². The number of aliphatic hydroxyl groups is 1. The predicted molar refractivity (Wildman–Crippen MR) is 118 cm³/mol. The van der Waals surface area contributed by atoms with Crippen molar-refractivity contribution in [2.24, 2.45) is 5.92 Å². The number of ether oxygens (including phenoxy) is 1. The number of benzene rings is 2. The molecule has 0 radical (unpaired) electrons. The van der Waals surface area contributed by atoms with Crippen molar-refractivity contribution in [2.75, 3.05) is 17.2 Å². The summed E-state index contributed by atoms with van der Waals surface area (Å²) in [6.07, 6.45) is 1.07. The SMILES string of the molecule is C[C@@H](C#Cc1cccc(C(=O)OC(C)(C)C)c1N(c1ccccc1)S(C)(=O)=O)CO. The first-order valence-electron chi connectivity index (χ1n) is 9.48. The second kappa shape index (κ2) is 9.33. The zero-order chi connectivity index (χ0) is 22.5. The lowest BCUT2D eigenvalue weighted by Gasteiger charge is -2.27. The number of hydrogen-bond acceptors (Lipinski definition) is 5. The van der Waals surface area contributed by atoms with Gasteiger partial charge in [-0.05, 0) is 52.0 Å². The van der Waals surface area contributed by atoms with Crippen LogP contribution in [0.3, 0.4) is 0 Å². The minimum Gasteiger partial charge on any atom is -0.456 e. The van der Waals surface area contributed by atoms with Gasteiger partial charge in [-0.1, -0.05) is 36.1 Å². The Morgan fingerprint density at radius 2 is 1.77 bits per heavy atom. The monoisotopic (exact) mass is 429 g/mol. The van der Waals surface area contributed by atoms with Gasteiger partial charge in [-0.3, -0.25) is 0 Å². The lowest BCUT2D eigenvalue weighted by atomic mass is 10.0. The highest BCUT2D eigenvalue weighted by Gasteiger charge is 2.29. The molecular formula is C23H27NO5S. The van der Waals surface area contributed by atoms with Crippen LogP contribution in [0.4, 0.5) is 11.4 Å². The normalized spacial score (nSPS) is 12.5. The average molecular weight is 430 g/mol. The summed E-state index contributed by atoms with van der Waals surface area (Å²) in [5.74, 6) is 4.84. The van der Waals surface area contributed by atoms with E-state index >= 15 is 0 Å². The Morgan fingerprint density at radius 1 is 1.13 bits per heavy atom. The molecule has 0 aromatic heterocycles. The summed E-state index contributed by atoms with van der Waals surface area (Å²) < 4.78 is 32.3. The minimum atomic E-state index is -3.83. The number of para-hydroxylation sites is 2. The Balaban J connectivity index is 2.82. The van der Waals surface area contributed by atoms with Crippen molar-refractivity contribution in [3.05, 3.63) is 59.7 Å². The zero-order valence-electron chi connectivity index (χ0n) is 17.8. The first-order chi connectivity index (χ1) is 13.9. The average Bonchev–Trinajstić information content (AvgIpc) is 2.65. The van der Waals surface area contributed by atoms with Gasteiger partial charge in [-0.15, -0.1) is 0 Å². The number of nitrogens with zero attached hydrogens (tertiary/aromatic N) is 1. The van der Waals surface area contributed by atoms with Crippen LogP contribution in [0.2, 0.25) is 0 Å². The van der Waals surface area contributed by atoms with Crippen LogP contribution in [0.15, 0.2) is 48.5 Å².